The number of carboxylic acids is 1. The van der Waals surface area contributed by atoms with Crippen molar-refractivity contribution in [3.8, 4) is 0 Å². The van der Waals surface area contributed by atoms with Crippen molar-refractivity contribution in [1.82, 2.24) is 0 Å². The molecule has 1 fully saturated rings. The van der Waals surface area contributed by atoms with Crippen LogP contribution in [0.1, 0.15) is 30.1 Å². The van der Waals surface area contributed by atoms with Crippen LogP contribution in [0.3, 0.4) is 0 Å². The molecule has 1 aromatic rings. The number of halogens is 2. The summed E-state index contributed by atoms with van der Waals surface area (Å²) in [5, 5.41) is 8.84. The third-order valence-corrected chi connectivity index (χ3v) is 3.39. The van der Waals surface area contributed by atoms with Gasteiger partial charge in [-0.3, -0.25) is 0 Å². The van der Waals surface area contributed by atoms with Gasteiger partial charge in [0.1, 0.15) is 11.6 Å². The highest BCUT2D eigenvalue weighted by Crippen LogP contribution is 2.27. The van der Waals surface area contributed by atoms with Crippen LogP contribution in [-0.4, -0.2) is 24.2 Å². The van der Waals surface area contributed by atoms with E-state index in [0.29, 0.717) is 25.1 Å². The highest BCUT2D eigenvalue weighted by molar-refractivity contribution is 5.89. The molecule has 0 unspecified atom stereocenters. The van der Waals surface area contributed by atoms with Crippen LogP contribution in [0.25, 0.3) is 0 Å². The average molecular weight is 255 g/mol. The second kappa shape index (κ2) is 4.92. The first-order chi connectivity index (χ1) is 8.49. The van der Waals surface area contributed by atoms with Gasteiger partial charge in [0.2, 0.25) is 0 Å². The second-order valence-electron chi connectivity index (χ2n) is 4.76. The lowest BCUT2D eigenvalue weighted by atomic mass is 9.98. The van der Waals surface area contributed by atoms with Gasteiger partial charge in [-0.05, 0) is 24.8 Å². The minimum atomic E-state index is -1.38. The summed E-state index contributed by atoms with van der Waals surface area (Å²) < 4.78 is 27.0. The zero-order chi connectivity index (χ0) is 13.3. The summed E-state index contributed by atoms with van der Waals surface area (Å²) in [6.45, 7) is 3.46. The molecule has 5 heteroatoms. The van der Waals surface area contributed by atoms with E-state index in [4.69, 9.17) is 5.11 Å². The molecule has 0 radical (unpaired) electrons. The maximum atomic E-state index is 13.7. The van der Waals surface area contributed by atoms with Gasteiger partial charge in [0.15, 0.2) is 0 Å². The summed E-state index contributed by atoms with van der Waals surface area (Å²) in [7, 11) is 0. The summed E-state index contributed by atoms with van der Waals surface area (Å²) in [6.07, 6.45) is 1.86. The first kappa shape index (κ1) is 12.8. The van der Waals surface area contributed by atoms with Crippen LogP contribution in [0.2, 0.25) is 0 Å². The van der Waals surface area contributed by atoms with Crippen LogP contribution in [0.15, 0.2) is 12.1 Å². The van der Waals surface area contributed by atoms with Crippen molar-refractivity contribution >= 4 is 11.7 Å². The summed E-state index contributed by atoms with van der Waals surface area (Å²) >= 11 is 0. The van der Waals surface area contributed by atoms with Gasteiger partial charge in [-0.2, -0.15) is 0 Å². The minimum absolute atomic E-state index is 0.181. The molecule has 0 aromatic heterocycles. The largest absolute Gasteiger partial charge is 0.478 e. The van der Waals surface area contributed by atoms with Gasteiger partial charge in [-0.25, -0.2) is 13.6 Å². The lowest BCUT2D eigenvalue weighted by Crippen LogP contribution is -2.33. The number of benzene rings is 1. The number of piperidine rings is 1. The maximum Gasteiger partial charge on any atom is 0.338 e. The fraction of sp³-hybridized carbons (Fsp3) is 0.462. The number of aromatic carboxylic acids is 1. The number of nitrogens with zero attached hydrogens (tertiary/aromatic N) is 1. The zero-order valence-corrected chi connectivity index (χ0v) is 10.1. The molecule has 98 valence electrons. The fourth-order valence-electron chi connectivity index (χ4n) is 2.19. The Morgan fingerprint density at radius 1 is 1.28 bits per heavy atom. The van der Waals surface area contributed by atoms with Crippen LogP contribution in [0.5, 0.6) is 0 Å². The number of anilines is 1. The highest BCUT2D eigenvalue weighted by atomic mass is 19.1. The number of hydrogen-bond donors (Lipinski definition) is 1. The van der Waals surface area contributed by atoms with E-state index in [1.165, 1.54) is 0 Å². The fourth-order valence-corrected chi connectivity index (χ4v) is 2.19. The van der Waals surface area contributed by atoms with E-state index in [1.54, 1.807) is 4.90 Å². The first-order valence-corrected chi connectivity index (χ1v) is 5.96. The standard InChI is InChI=1S/C13H15F2NO2/c1-8-2-4-16(5-3-8)12-6-9(13(17)18)10(14)7-11(12)15/h6-8H,2-5H2,1H3,(H,17,18). The van der Waals surface area contributed by atoms with Crippen molar-refractivity contribution in [2.45, 2.75) is 19.8 Å². The molecule has 0 aliphatic carbocycles. The Bertz CT molecular complexity index is 468. The van der Waals surface area contributed by atoms with Gasteiger partial charge >= 0.3 is 5.97 Å². The van der Waals surface area contributed by atoms with E-state index in [2.05, 4.69) is 6.92 Å². The van der Waals surface area contributed by atoms with E-state index >= 15 is 0 Å². The second-order valence-corrected chi connectivity index (χ2v) is 4.76. The van der Waals surface area contributed by atoms with E-state index < -0.39 is 23.2 Å². The van der Waals surface area contributed by atoms with Crippen LogP contribution in [-0.2, 0) is 0 Å². The van der Waals surface area contributed by atoms with Crippen LogP contribution < -0.4 is 4.90 Å². The molecule has 0 spiro atoms. The van der Waals surface area contributed by atoms with Gasteiger partial charge in [-0.15, -0.1) is 0 Å². The number of hydrogen-bond acceptors (Lipinski definition) is 2. The normalized spacial score (nSPS) is 16.9. The number of carboxylic acid groups (broad SMARTS) is 1. The minimum Gasteiger partial charge on any atom is -0.478 e. The molecule has 1 heterocycles. The summed E-state index contributed by atoms with van der Waals surface area (Å²) in [6, 6.07) is 1.74. The van der Waals surface area contributed by atoms with Crippen molar-refractivity contribution in [3.63, 3.8) is 0 Å². The Morgan fingerprint density at radius 2 is 1.89 bits per heavy atom. The number of carbonyl (C=O) groups is 1. The molecule has 1 aliphatic heterocycles. The SMILES string of the molecule is CC1CCN(c2cc(C(=O)O)c(F)cc2F)CC1. The first-order valence-electron chi connectivity index (χ1n) is 5.96. The zero-order valence-electron chi connectivity index (χ0n) is 10.1. The molecule has 18 heavy (non-hydrogen) atoms. The van der Waals surface area contributed by atoms with Gasteiger partial charge in [0, 0.05) is 19.2 Å². The molecular formula is C13H15F2NO2. The Kier molecular flexibility index (Phi) is 3.50. The number of rotatable bonds is 2. The topological polar surface area (TPSA) is 40.5 Å². The van der Waals surface area contributed by atoms with Crippen molar-refractivity contribution in [3.05, 3.63) is 29.3 Å². The lowest BCUT2D eigenvalue weighted by Gasteiger charge is -2.32. The van der Waals surface area contributed by atoms with E-state index in [0.717, 1.165) is 18.9 Å². The van der Waals surface area contributed by atoms with E-state index in [9.17, 15) is 13.6 Å². The van der Waals surface area contributed by atoms with Gasteiger partial charge in [0.05, 0.1) is 11.3 Å². The molecule has 0 amide bonds. The summed E-state index contributed by atoms with van der Waals surface area (Å²) in [5.41, 5.74) is -0.300. The molecule has 1 N–H and O–H groups in total. The molecule has 3 nitrogen and oxygen atoms in total. The monoisotopic (exact) mass is 255 g/mol. The Hall–Kier alpha value is -1.65. The van der Waals surface area contributed by atoms with Crippen LogP contribution >= 0.6 is 0 Å². The van der Waals surface area contributed by atoms with E-state index in [-0.39, 0.29) is 5.69 Å². The highest BCUT2D eigenvalue weighted by Gasteiger charge is 2.22. The molecule has 1 saturated heterocycles. The van der Waals surface area contributed by atoms with Gasteiger partial charge < -0.3 is 10.0 Å². The average Bonchev–Trinajstić information content (AvgIpc) is 2.30. The van der Waals surface area contributed by atoms with E-state index in [1.807, 2.05) is 0 Å². The maximum absolute atomic E-state index is 13.7. The molecule has 1 aliphatic rings. The van der Waals surface area contributed by atoms with Crippen molar-refractivity contribution < 1.29 is 18.7 Å². The van der Waals surface area contributed by atoms with Crippen LogP contribution in [0, 0.1) is 17.6 Å². The third-order valence-electron chi connectivity index (χ3n) is 3.39. The molecule has 1 aromatic carbocycles. The Morgan fingerprint density at radius 3 is 2.44 bits per heavy atom. The molecule has 0 bridgehead atoms. The predicted molar refractivity (Wildman–Crippen MR) is 63.9 cm³/mol. The van der Waals surface area contributed by atoms with Gasteiger partial charge in [-0.1, -0.05) is 6.92 Å². The van der Waals surface area contributed by atoms with Crippen molar-refractivity contribution in [2.75, 3.05) is 18.0 Å². The quantitative estimate of drug-likeness (QED) is 0.883. The molecule has 2 rings (SSSR count). The smallest absolute Gasteiger partial charge is 0.338 e. The lowest BCUT2D eigenvalue weighted by molar-refractivity contribution is 0.0692. The molecule has 0 saturated carbocycles. The van der Waals surface area contributed by atoms with Crippen LogP contribution in [0.4, 0.5) is 14.5 Å². The predicted octanol–water partition coefficient (Wildman–Crippen LogP) is 2.90. The Labute approximate surface area is 104 Å². The molecular weight excluding hydrogens is 240 g/mol. The van der Waals surface area contributed by atoms with Crippen molar-refractivity contribution in [1.29, 1.82) is 0 Å². The van der Waals surface area contributed by atoms with Crippen molar-refractivity contribution in [2.24, 2.45) is 5.92 Å². The summed E-state index contributed by atoms with van der Waals surface area (Å²) in [4.78, 5) is 12.6. The third kappa shape index (κ3) is 2.44. The summed E-state index contributed by atoms with van der Waals surface area (Å²) in [5.74, 6) is -2.52. The Balaban J connectivity index is 2.32. The van der Waals surface area contributed by atoms with Gasteiger partial charge in [0.25, 0.3) is 0 Å². The molecule has 0 atom stereocenters.